The van der Waals surface area contributed by atoms with Gasteiger partial charge in [-0.15, -0.1) is 0 Å². The molecule has 2 aliphatic heterocycles. The summed E-state index contributed by atoms with van der Waals surface area (Å²) in [4.78, 5) is 25.1. The van der Waals surface area contributed by atoms with E-state index in [1.807, 2.05) is 6.92 Å². The van der Waals surface area contributed by atoms with E-state index >= 15 is 0 Å². The fourth-order valence-corrected chi connectivity index (χ4v) is 2.43. The number of carbonyl (C=O) groups is 2. The van der Waals surface area contributed by atoms with Gasteiger partial charge in [0.15, 0.2) is 5.78 Å². The second-order valence-corrected chi connectivity index (χ2v) is 4.13. The van der Waals surface area contributed by atoms with Crippen molar-refractivity contribution in [3.63, 3.8) is 0 Å². The number of ketones is 1. The van der Waals surface area contributed by atoms with Gasteiger partial charge in [-0.05, 0) is 19.4 Å². The Hall–Kier alpha value is -1.58. The van der Waals surface area contributed by atoms with Gasteiger partial charge in [-0.3, -0.25) is 9.59 Å². The van der Waals surface area contributed by atoms with Crippen molar-refractivity contribution in [1.82, 2.24) is 4.90 Å². The highest BCUT2D eigenvalue weighted by Gasteiger charge is 2.42. The average Bonchev–Trinajstić information content (AvgIpc) is 2.72. The lowest BCUT2D eigenvalue weighted by Crippen LogP contribution is -2.41. The molecule has 1 atom stereocenters. The summed E-state index contributed by atoms with van der Waals surface area (Å²) in [5, 5.41) is 0. The standard InChI is InChI=1S/C11H11NO3/c1-6-4-7-9(15-6)5-12-8(11(7)14)2-3-10(12)13/h4,8H,2-3,5H2,1H3. The number of carbonyl (C=O) groups excluding carboxylic acids is 2. The zero-order valence-corrected chi connectivity index (χ0v) is 8.45. The number of Topliss-reactive ketones (excluding diaryl/α,β-unsaturated/α-hetero) is 1. The molecule has 0 radical (unpaired) electrons. The Morgan fingerprint density at radius 2 is 2.27 bits per heavy atom. The minimum atomic E-state index is -0.234. The Morgan fingerprint density at radius 1 is 1.47 bits per heavy atom. The summed E-state index contributed by atoms with van der Waals surface area (Å²) in [6.45, 7) is 2.27. The van der Waals surface area contributed by atoms with Gasteiger partial charge in [-0.2, -0.15) is 0 Å². The van der Waals surface area contributed by atoms with Crippen LogP contribution in [0.15, 0.2) is 10.5 Å². The molecule has 4 heteroatoms. The van der Waals surface area contributed by atoms with Gasteiger partial charge in [0.25, 0.3) is 0 Å². The Kier molecular flexibility index (Phi) is 1.58. The summed E-state index contributed by atoms with van der Waals surface area (Å²) in [6, 6.07) is 1.54. The maximum Gasteiger partial charge on any atom is 0.223 e. The molecule has 0 N–H and O–H groups in total. The number of hydrogen-bond donors (Lipinski definition) is 0. The van der Waals surface area contributed by atoms with Crippen LogP contribution >= 0.6 is 0 Å². The zero-order valence-electron chi connectivity index (χ0n) is 8.45. The Balaban J connectivity index is 2.09. The Morgan fingerprint density at radius 3 is 3.07 bits per heavy atom. The summed E-state index contributed by atoms with van der Waals surface area (Å²) in [7, 11) is 0. The highest BCUT2D eigenvalue weighted by atomic mass is 16.3. The van der Waals surface area contributed by atoms with Crippen LogP contribution < -0.4 is 0 Å². The van der Waals surface area contributed by atoms with Gasteiger partial charge in [0.05, 0.1) is 18.2 Å². The first kappa shape index (κ1) is 8.71. The predicted octanol–water partition coefficient (Wildman–Crippen LogP) is 1.28. The van der Waals surface area contributed by atoms with Gasteiger partial charge in [0.1, 0.15) is 11.5 Å². The fraction of sp³-hybridized carbons (Fsp3) is 0.455. The van der Waals surface area contributed by atoms with Gasteiger partial charge >= 0.3 is 0 Å². The van der Waals surface area contributed by atoms with E-state index in [2.05, 4.69) is 0 Å². The molecule has 3 rings (SSSR count). The van der Waals surface area contributed by atoms with E-state index in [0.29, 0.717) is 30.7 Å². The minimum absolute atomic E-state index is 0.0407. The van der Waals surface area contributed by atoms with Crippen molar-refractivity contribution in [1.29, 1.82) is 0 Å². The third kappa shape index (κ3) is 1.07. The molecule has 0 spiro atoms. The highest BCUT2D eigenvalue weighted by Crippen LogP contribution is 2.32. The topological polar surface area (TPSA) is 50.5 Å². The maximum absolute atomic E-state index is 12.0. The lowest BCUT2D eigenvalue weighted by atomic mass is 9.98. The van der Waals surface area contributed by atoms with E-state index in [1.165, 1.54) is 0 Å². The van der Waals surface area contributed by atoms with E-state index in [0.717, 1.165) is 5.76 Å². The van der Waals surface area contributed by atoms with E-state index < -0.39 is 0 Å². The number of hydrogen-bond acceptors (Lipinski definition) is 3. The predicted molar refractivity (Wildman–Crippen MR) is 51.3 cm³/mol. The molecule has 4 nitrogen and oxygen atoms in total. The van der Waals surface area contributed by atoms with Crippen molar-refractivity contribution < 1.29 is 14.0 Å². The SMILES string of the molecule is Cc1cc2c(o1)CN1C(=O)CCC1C2=O. The first-order valence-corrected chi connectivity index (χ1v) is 5.10. The van der Waals surface area contributed by atoms with Crippen molar-refractivity contribution in [3.05, 3.63) is 23.2 Å². The van der Waals surface area contributed by atoms with Crippen molar-refractivity contribution in [3.8, 4) is 0 Å². The summed E-state index contributed by atoms with van der Waals surface area (Å²) < 4.78 is 5.42. The second-order valence-electron chi connectivity index (χ2n) is 4.13. The summed E-state index contributed by atoms with van der Waals surface area (Å²) >= 11 is 0. The molecule has 1 aromatic rings. The molecule has 3 heterocycles. The van der Waals surface area contributed by atoms with Crippen molar-refractivity contribution >= 4 is 11.7 Å². The molecule has 1 amide bonds. The maximum atomic E-state index is 12.0. The minimum Gasteiger partial charge on any atom is -0.464 e. The van der Waals surface area contributed by atoms with Crippen LogP contribution in [0.1, 0.15) is 34.7 Å². The lowest BCUT2D eigenvalue weighted by molar-refractivity contribution is -0.129. The third-order valence-corrected chi connectivity index (χ3v) is 3.14. The normalized spacial score (nSPS) is 24.3. The van der Waals surface area contributed by atoms with Gasteiger partial charge in [-0.25, -0.2) is 0 Å². The molecule has 78 valence electrons. The summed E-state index contributed by atoms with van der Waals surface area (Å²) in [5.41, 5.74) is 0.670. The van der Waals surface area contributed by atoms with Crippen LogP contribution in [-0.4, -0.2) is 22.6 Å². The monoisotopic (exact) mass is 205 g/mol. The molecule has 1 aromatic heterocycles. The number of amides is 1. The van der Waals surface area contributed by atoms with Gasteiger partial charge in [0, 0.05) is 6.42 Å². The molecule has 0 aromatic carbocycles. The fourth-order valence-electron chi connectivity index (χ4n) is 2.43. The first-order chi connectivity index (χ1) is 7.16. The molecule has 1 saturated heterocycles. The number of nitrogens with zero attached hydrogens (tertiary/aromatic N) is 1. The Labute approximate surface area is 86.9 Å². The second kappa shape index (κ2) is 2.72. The molecular formula is C11H11NO3. The average molecular weight is 205 g/mol. The molecular weight excluding hydrogens is 194 g/mol. The molecule has 15 heavy (non-hydrogen) atoms. The van der Waals surface area contributed by atoms with E-state index in [4.69, 9.17) is 4.42 Å². The van der Waals surface area contributed by atoms with Crippen LogP contribution in [0.2, 0.25) is 0 Å². The Bertz CT molecular complexity index is 460. The van der Waals surface area contributed by atoms with Crippen LogP contribution in [0.3, 0.4) is 0 Å². The highest BCUT2D eigenvalue weighted by molar-refractivity contribution is 6.05. The quantitative estimate of drug-likeness (QED) is 0.641. The lowest BCUT2D eigenvalue weighted by Gasteiger charge is -2.27. The number of furan rings is 1. The van der Waals surface area contributed by atoms with Gasteiger partial charge in [0.2, 0.25) is 5.91 Å². The first-order valence-electron chi connectivity index (χ1n) is 5.10. The van der Waals surface area contributed by atoms with Gasteiger partial charge in [-0.1, -0.05) is 0 Å². The molecule has 2 aliphatic rings. The molecule has 0 saturated carbocycles. The van der Waals surface area contributed by atoms with Crippen LogP contribution in [0.25, 0.3) is 0 Å². The molecule has 0 aliphatic carbocycles. The van der Waals surface area contributed by atoms with Crippen LogP contribution in [-0.2, 0) is 11.3 Å². The molecule has 1 unspecified atom stereocenters. The smallest absolute Gasteiger partial charge is 0.223 e. The summed E-state index contributed by atoms with van der Waals surface area (Å²) in [6.07, 6.45) is 1.14. The van der Waals surface area contributed by atoms with Crippen molar-refractivity contribution in [2.45, 2.75) is 32.4 Å². The number of rotatable bonds is 0. The van der Waals surface area contributed by atoms with Gasteiger partial charge < -0.3 is 9.32 Å². The molecule has 0 bridgehead atoms. The van der Waals surface area contributed by atoms with E-state index in [9.17, 15) is 9.59 Å². The number of fused-ring (bicyclic) bond motifs is 2. The van der Waals surface area contributed by atoms with E-state index in [-0.39, 0.29) is 17.7 Å². The van der Waals surface area contributed by atoms with Crippen molar-refractivity contribution in [2.75, 3.05) is 0 Å². The largest absolute Gasteiger partial charge is 0.464 e. The van der Waals surface area contributed by atoms with Crippen LogP contribution in [0.4, 0.5) is 0 Å². The zero-order chi connectivity index (χ0) is 10.6. The molecule has 1 fully saturated rings. The summed E-state index contributed by atoms with van der Waals surface area (Å²) in [5.74, 6) is 1.48. The van der Waals surface area contributed by atoms with Crippen LogP contribution in [0, 0.1) is 6.92 Å². The third-order valence-electron chi connectivity index (χ3n) is 3.14. The number of aryl methyl sites for hydroxylation is 1. The van der Waals surface area contributed by atoms with Crippen LogP contribution in [0.5, 0.6) is 0 Å². The van der Waals surface area contributed by atoms with E-state index in [1.54, 1.807) is 11.0 Å². The van der Waals surface area contributed by atoms with Crippen molar-refractivity contribution in [2.24, 2.45) is 0 Å².